The third-order valence-electron chi connectivity index (χ3n) is 2.75. The van der Waals surface area contributed by atoms with Crippen LogP contribution in [0.3, 0.4) is 0 Å². The second-order valence-electron chi connectivity index (χ2n) is 4.41. The van der Waals surface area contributed by atoms with Crippen molar-refractivity contribution >= 4 is 0 Å². The lowest BCUT2D eigenvalue weighted by atomic mass is 10.1. The van der Waals surface area contributed by atoms with Crippen LogP contribution in [0.15, 0.2) is 0 Å². The van der Waals surface area contributed by atoms with Crippen molar-refractivity contribution in [3.63, 3.8) is 0 Å². The van der Waals surface area contributed by atoms with Crippen molar-refractivity contribution in [3.05, 3.63) is 0 Å². The number of methoxy groups -OCH3 is 1. The molecule has 0 aromatic carbocycles. The van der Waals surface area contributed by atoms with Gasteiger partial charge in [-0.25, -0.2) is 0 Å². The topological polar surface area (TPSA) is 41.5 Å². The van der Waals surface area contributed by atoms with Crippen molar-refractivity contribution < 1.29 is 9.84 Å². The second-order valence-corrected chi connectivity index (χ2v) is 4.41. The highest BCUT2D eigenvalue weighted by atomic mass is 16.5. The molecule has 0 aromatic heterocycles. The first kappa shape index (κ1) is 15.9. The summed E-state index contributed by atoms with van der Waals surface area (Å²) < 4.78 is 4.92. The van der Waals surface area contributed by atoms with E-state index in [0.717, 1.165) is 19.4 Å². The van der Waals surface area contributed by atoms with E-state index in [2.05, 4.69) is 12.2 Å². The lowest BCUT2D eigenvalue weighted by Gasteiger charge is -2.11. The Morgan fingerprint density at radius 2 is 1.81 bits per heavy atom. The number of ether oxygens (including phenoxy) is 1. The van der Waals surface area contributed by atoms with Crippen molar-refractivity contribution in [2.75, 3.05) is 26.8 Å². The Morgan fingerprint density at radius 1 is 1.12 bits per heavy atom. The van der Waals surface area contributed by atoms with Crippen molar-refractivity contribution in [3.8, 4) is 0 Å². The molecule has 2 N–H and O–H groups in total. The van der Waals surface area contributed by atoms with Gasteiger partial charge < -0.3 is 15.2 Å². The number of hydrogen-bond acceptors (Lipinski definition) is 3. The van der Waals surface area contributed by atoms with Crippen LogP contribution in [0.25, 0.3) is 0 Å². The minimum Gasteiger partial charge on any atom is -0.392 e. The van der Waals surface area contributed by atoms with Crippen LogP contribution in [0.1, 0.15) is 51.9 Å². The van der Waals surface area contributed by atoms with Gasteiger partial charge in [0.1, 0.15) is 0 Å². The maximum absolute atomic E-state index is 9.65. The van der Waals surface area contributed by atoms with Crippen molar-refractivity contribution in [2.24, 2.45) is 0 Å². The SMILES string of the molecule is CCCCCCCCC(O)CNCCOC. The van der Waals surface area contributed by atoms with Gasteiger partial charge in [0.25, 0.3) is 0 Å². The van der Waals surface area contributed by atoms with E-state index >= 15 is 0 Å². The molecule has 0 heterocycles. The van der Waals surface area contributed by atoms with E-state index in [4.69, 9.17) is 4.74 Å². The Kier molecular flexibility index (Phi) is 12.9. The molecule has 16 heavy (non-hydrogen) atoms. The van der Waals surface area contributed by atoms with Gasteiger partial charge in [0.2, 0.25) is 0 Å². The van der Waals surface area contributed by atoms with E-state index in [1.807, 2.05) is 0 Å². The average Bonchev–Trinajstić information content (AvgIpc) is 2.29. The molecular formula is C13H29NO2. The quantitative estimate of drug-likeness (QED) is 0.507. The molecule has 0 aliphatic heterocycles. The van der Waals surface area contributed by atoms with Crippen LogP contribution in [0, 0.1) is 0 Å². The fourth-order valence-corrected chi connectivity index (χ4v) is 1.71. The summed E-state index contributed by atoms with van der Waals surface area (Å²) in [5.74, 6) is 0. The first-order chi connectivity index (χ1) is 7.81. The summed E-state index contributed by atoms with van der Waals surface area (Å²) in [5, 5.41) is 12.8. The monoisotopic (exact) mass is 231 g/mol. The number of aliphatic hydroxyl groups excluding tert-OH is 1. The smallest absolute Gasteiger partial charge is 0.0664 e. The Bertz CT molecular complexity index is 131. The van der Waals surface area contributed by atoms with Crippen LogP contribution in [0.2, 0.25) is 0 Å². The Balaban J connectivity index is 3.08. The standard InChI is InChI=1S/C13H29NO2/c1-3-4-5-6-7-8-9-13(15)12-14-10-11-16-2/h13-15H,3-12H2,1-2H3. The fraction of sp³-hybridized carbons (Fsp3) is 1.00. The van der Waals surface area contributed by atoms with Gasteiger partial charge in [-0.05, 0) is 6.42 Å². The summed E-state index contributed by atoms with van der Waals surface area (Å²) in [5.41, 5.74) is 0. The first-order valence-corrected chi connectivity index (χ1v) is 6.69. The van der Waals surface area contributed by atoms with Gasteiger partial charge in [-0.1, -0.05) is 45.4 Å². The van der Waals surface area contributed by atoms with Crippen LogP contribution in [0.4, 0.5) is 0 Å². The third-order valence-corrected chi connectivity index (χ3v) is 2.75. The van der Waals surface area contributed by atoms with Gasteiger partial charge in [0.15, 0.2) is 0 Å². The van der Waals surface area contributed by atoms with E-state index in [9.17, 15) is 5.11 Å². The molecule has 0 radical (unpaired) electrons. The Labute approximate surface area is 101 Å². The summed E-state index contributed by atoms with van der Waals surface area (Å²) in [6, 6.07) is 0. The molecule has 0 saturated carbocycles. The molecule has 0 amide bonds. The molecule has 0 aliphatic carbocycles. The van der Waals surface area contributed by atoms with Crippen LogP contribution in [-0.4, -0.2) is 38.0 Å². The average molecular weight is 231 g/mol. The Morgan fingerprint density at radius 3 is 2.50 bits per heavy atom. The van der Waals surface area contributed by atoms with Crippen LogP contribution in [0.5, 0.6) is 0 Å². The van der Waals surface area contributed by atoms with Gasteiger partial charge >= 0.3 is 0 Å². The molecule has 0 fully saturated rings. The van der Waals surface area contributed by atoms with Crippen molar-refractivity contribution in [1.29, 1.82) is 0 Å². The van der Waals surface area contributed by atoms with Gasteiger partial charge in [-0.2, -0.15) is 0 Å². The number of hydrogen-bond donors (Lipinski definition) is 2. The Hall–Kier alpha value is -0.120. The molecule has 3 heteroatoms. The van der Waals surface area contributed by atoms with Crippen molar-refractivity contribution in [1.82, 2.24) is 5.32 Å². The van der Waals surface area contributed by atoms with E-state index < -0.39 is 0 Å². The summed E-state index contributed by atoms with van der Waals surface area (Å²) in [6.45, 7) is 4.46. The summed E-state index contributed by atoms with van der Waals surface area (Å²) in [7, 11) is 1.69. The molecular weight excluding hydrogens is 202 g/mol. The van der Waals surface area contributed by atoms with E-state index in [1.54, 1.807) is 7.11 Å². The zero-order valence-electron chi connectivity index (χ0n) is 11.0. The van der Waals surface area contributed by atoms with Crippen molar-refractivity contribution in [2.45, 2.75) is 58.0 Å². The zero-order valence-corrected chi connectivity index (χ0v) is 11.0. The van der Waals surface area contributed by atoms with Gasteiger partial charge in [-0.15, -0.1) is 0 Å². The lowest BCUT2D eigenvalue weighted by molar-refractivity contribution is 0.149. The molecule has 0 aromatic rings. The maximum Gasteiger partial charge on any atom is 0.0664 e. The number of aliphatic hydroxyl groups is 1. The zero-order chi connectivity index (χ0) is 12.1. The van der Waals surface area contributed by atoms with Crippen LogP contribution < -0.4 is 5.32 Å². The van der Waals surface area contributed by atoms with Gasteiger partial charge in [0.05, 0.1) is 12.7 Å². The summed E-state index contributed by atoms with van der Waals surface area (Å²) in [4.78, 5) is 0. The summed E-state index contributed by atoms with van der Waals surface area (Å²) in [6.07, 6.45) is 8.45. The highest BCUT2D eigenvalue weighted by Crippen LogP contribution is 2.08. The predicted molar refractivity (Wildman–Crippen MR) is 68.7 cm³/mol. The number of unbranched alkanes of at least 4 members (excludes halogenated alkanes) is 5. The molecule has 0 spiro atoms. The minimum absolute atomic E-state index is 0.192. The van der Waals surface area contributed by atoms with E-state index in [1.165, 1.54) is 32.1 Å². The first-order valence-electron chi connectivity index (χ1n) is 6.69. The van der Waals surface area contributed by atoms with E-state index in [0.29, 0.717) is 13.2 Å². The molecule has 1 unspecified atom stereocenters. The molecule has 0 aliphatic rings. The highest BCUT2D eigenvalue weighted by Gasteiger charge is 2.02. The number of rotatable bonds is 12. The highest BCUT2D eigenvalue weighted by molar-refractivity contribution is 4.59. The molecule has 0 saturated heterocycles. The largest absolute Gasteiger partial charge is 0.392 e. The number of nitrogens with one attached hydrogen (secondary N) is 1. The lowest BCUT2D eigenvalue weighted by Crippen LogP contribution is -2.29. The third kappa shape index (κ3) is 12.0. The van der Waals surface area contributed by atoms with Crippen LogP contribution in [-0.2, 0) is 4.74 Å². The molecule has 3 nitrogen and oxygen atoms in total. The van der Waals surface area contributed by atoms with Gasteiger partial charge in [-0.3, -0.25) is 0 Å². The minimum atomic E-state index is -0.192. The fourth-order valence-electron chi connectivity index (χ4n) is 1.71. The second kappa shape index (κ2) is 12.9. The molecule has 0 bridgehead atoms. The van der Waals surface area contributed by atoms with E-state index in [-0.39, 0.29) is 6.10 Å². The maximum atomic E-state index is 9.65. The molecule has 98 valence electrons. The summed E-state index contributed by atoms with van der Waals surface area (Å²) >= 11 is 0. The van der Waals surface area contributed by atoms with Crippen LogP contribution >= 0.6 is 0 Å². The normalized spacial score (nSPS) is 12.9. The molecule has 1 atom stereocenters. The molecule has 0 rings (SSSR count). The predicted octanol–water partition coefficient (Wildman–Crippen LogP) is 2.33. The van der Waals surface area contributed by atoms with Gasteiger partial charge in [0, 0.05) is 20.2 Å².